The Morgan fingerprint density at radius 1 is 1.00 bits per heavy atom. The summed E-state index contributed by atoms with van der Waals surface area (Å²) in [5, 5.41) is 2.90. The molecule has 0 radical (unpaired) electrons. The van der Waals surface area contributed by atoms with Crippen LogP contribution in [0.25, 0.3) is 16.9 Å². The van der Waals surface area contributed by atoms with E-state index in [-0.39, 0.29) is 5.91 Å². The van der Waals surface area contributed by atoms with E-state index in [1.54, 1.807) is 40.9 Å². The van der Waals surface area contributed by atoms with Gasteiger partial charge in [-0.05, 0) is 54.8 Å². The highest BCUT2D eigenvalue weighted by Crippen LogP contribution is 2.33. The van der Waals surface area contributed by atoms with Gasteiger partial charge in [-0.25, -0.2) is 4.98 Å². The summed E-state index contributed by atoms with van der Waals surface area (Å²) >= 11 is 0. The van der Waals surface area contributed by atoms with Crippen LogP contribution < -0.4 is 5.32 Å². The van der Waals surface area contributed by atoms with Gasteiger partial charge in [0, 0.05) is 17.3 Å². The van der Waals surface area contributed by atoms with Gasteiger partial charge < -0.3 is 5.32 Å². The predicted molar refractivity (Wildman–Crippen MR) is 119 cm³/mol. The maximum atomic E-state index is 12.9. The van der Waals surface area contributed by atoms with E-state index in [0.29, 0.717) is 28.3 Å². The summed E-state index contributed by atoms with van der Waals surface area (Å²) < 4.78 is 40.6. The maximum Gasteiger partial charge on any atom is 0.416 e. The molecule has 0 aliphatic carbocycles. The molecule has 1 amide bonds. The Labute approximate surface area is 183 Å². The monoisotopic (exact) mass is 437 g/mol. The SMILES string of the molecule is CCCCc1ccc(C(=O)Nc2c(-c3ccc(C(F)(F)F)cc3)nc3ccccn23)cc1. The molecular formula is C25H22F3N3O. The van der Waals surface area contributed by atoms with Crippen molar-refractivity contribution in [1.82, 2.24) is 9.38 Å². The third-order valence-electron chi connectivity index (χ3n) is 5.28. The zero-order valence-corrected chi connectivity index (χ0v) is 17.5. The van der Waals surface area contributed by atoms with E-state index in [1.807, 2.05) is 12.1 Å². The van der Waals surface area contributed by atoms with Crippen LogP contribution in [0.3, 0.4) is 0 Å². The number of benzene rings is 2. The molecule has 1 N–H and O–H groups in total. The van der Waals surface area contributed by atoms with Crippen LogP contribution in [0.1, 0.15) is 41.3 Å². The number of hydrogen-bond donors (Lipinski definition) is 1. The molecule has 0 aliphatic heterocycles. The molecule has 0 atom stereocenters. The standard InChI is InChI=1S/C25H22F3N3O/c1-2-3-6-17-8-10-19(11-9-17)24(32)30-23-22(29-21-7-4-5-16-31(21)23)18-12-14-20(15-13-18)25(26,27)28/h4-5,7-16H,2-3,6H2,1H3,(H,30,32). The van der Waals surface area contributed by atoms with Crippen molar-refractivity contribution in [2.45, 2.75) is 32.4 Å². The minimum Gasteiger partial charge on any atom is -0.306 e. The van der Waals surface area contributed by atoms with E-state index in [0.717, 1.165) is 31.4 Å². The van der Waals surface area contributed by atoms with Crippen LogP contribution in [0.5, 0.6) is 0 Å². The third kappa shape index (κ3) is 4.51. The molecule has 164 valence electrons. The molecule has 0 saturated carbocycles. The highest BCUT2D eigenvalue weighted by molar-refractivity contribution is 6.05. The first-order valence-electron chi connectivity index (χ1n) is 10.4. The lowest BCUT2D eigenvalue weighted by Crippen LogP contribution is -2.14. The fourth-order valence-electron chi connectivity index (χ4n) is 3.52. The van der Waals surface area contributed by atoms with Crippen LogP contribution in [0.2, 0.25) is 0 Å². The molecule has 4 nitrogen and oxygen atoms in total. The summed E-state index contributed by atoms with van der Waals surface area (Å²) in [7, 11) is 0. The van der Waals surface area contributed by atoms with Crippen molar-refractivity contribution in [3.05, 3.63) is 89.6 Å². The van der Waals surface area contributed by atoms with Gasteiger partial charge in [0.1, 0.15) is 17.2 Å². The quantitative estimate of drug-likeness (QED) is 0.369. The molecule has 32 heavy (non-hydrogen) atoms. The van der Waals surface area contributed by atoms with Gasteiger partial charge in [-0.2, -0.15) is 13.2 Å². The number of rotatable bonds is 6. The molecule has 0 bridgehead atoms. The van der Waals surface area contributed by atoms with Gasteiger partial charge in [0.2, 0.25) is 0 Å². The van der Waals surface area contributed by atoms with Crippen molar-refractivity contribution in [1.29, 1.82) is 0 Å². The van der Waals surface area contributed by atoms with Crippen molar-refractivity contribution >= 4 is 17.4 Å². The lowest BCUT2D eigenvalue weighted by Gasteiger charge is -2.10. The van der Waals surface area contributed by atoms with Gasteiger partial charge in [-0.15, -0.1) is 0 Å². The number of hydrogen-bond acceptors (Lipinski definition) is 2. The lowest BCUT2D eigenvalue weighted by molar-refractivity contribution is -0.137. The fraction of sp³-hybridized carbons (Fsp3) is 0.200. The molecule has 0 spiro atoms. The van der Waals surface area contributed by atoms with Crippen LogP contribution in [-0.2, 0) is 12.6 Å². The van der Waals surface area contributed by atoms with Gasteiger partial charge in [-0.1, -0.05) is 43.7 Å². The van der Waals surface area contributed by atoms with Crippen LogP contribution in [-0.4, -0.2) is 15.3 Å². The van der Waals surface area contributed by atoms with Gasteiger partial charge in [0.15, 0.2) is 0 Å². The van der Waals surface area contributed by atoms with Crippen molar-refractivity contribution in [3.8, 4) is 11.3 Å². The normalized spacial score (nSPS) is 11.6. The average Bonchev–Trinajstić information content (AvgIpc) is 3.16. The Morgan fingerprint density at radius 3 is 2.38 bits per heavy atom. The minimum atomic E-state index is -4.42. The van der Waals surface area contributed by atoms with E-state index >= 15 is 0 Å². The molecule has 2 aromatic heterocycles. The molecule has 0 unspecified atom stereocenters. The molecule has 7 heteroatoms. The zero-order valence-electron chi connectivity index (χ0n) is 17.5. The summed E-state index contributed by atoms with van der Waals surface area (Å²) in [6.45, 7) is 2.13. The van der Waals surface area contributed by atoms with E-state index in [1.165, 1.54) is 17.7 Å². The number of unbranched alkanes of at least 4 members (excludes halogenated alkanes) is 1. The van der Waals surface area contributed by atoms with Crippen LogP contribution >= 0.6 is 0 Å². The molecule has 2 heterocycles. The van der Waals surface area contributed by atoms with E-state index in [9.17, 15) is 18.0 Å². The number of nitrogens with zero attached hydrogens (tertiary/aromatic N) is 2. The number of imidazole rings is 1. The average molecular weight is 437 g/mol. The highest BCUT2D eigenvalue weighted by Gasteiger charge is 2.30. The molecule has 0 fully saturated rings. The van der Waals surface area contributed by atoms with Crippen LogP contribution in [0, 0.1) is 0 Å². The van der Waals surface area contributed by atoms with Crippen molar-refractivity contribution in [2.24, 2.45) is 0 Å². The van der Waals surface area contributed by atoms with Gasteiger partial charge >= 0.3 is 6.18 Å². The van der Waals surface area contributed by atoms with E-state index in [4.69, 9.17) is 0 Å². The van der Waals surface area contributed by atoms with E-state index < -0.39 is 11.7 Å². The molecule has 4 rings (SSSR count). The maximum absolute atomic E-state index is 12.9. The topological polar surface area (TPSA) is 46.4 Å². The Balaban J connectivity index is 1.67. The summed E-state index contributed by atoms with van der Waals surface area (Å²) in [6.07, 6.45) is 0.480. The largest absolute Gasteiger partial charge is 0.416 e. The highest BCUT2D eigenvalue weighted by atomic mass is 19.4. The molecule has 0 aliphatic rings. The number of nitrogens with one attached hydrogen (secondary N) is 1. The van der Waals surface area contributed by atoms with Crippen molar-refractivity contribution < 1.29 is 18.0 Å². The molecule has 4 aromatic rings. The number of fused-ring (bicyclic) bond motifs is 1. The summed E-state index contributed by atoms with van der Waals surface area (Å²) in [5.74, 6) is 0.0891. The van der Waals surface area contributed by atoms with Crippen LogP contribution in [0.15, 0.2) is 72.9 Å². The number of carbonyl (C=O) groups excluding carboxylic acids is 1. The van der Waals surface area contributed by atoms with Crippen molar-refractivity contribution in [2.75, 3.05) is 5.32 Å². The first kappa shape index (κ1) is 21.6. The lowest BCUT2D eigenvalue weighted by atomic mass is 10.1. The van der Waals surface area contributed by atoms with Gasteiger partial charge in [0.05, 0.1) is 5.56 Å². The van der Waals surface area contributed by atoms with E-state index in [2.05, 4.69) is 17.2 Å². The Bertz CT molecular complexity index is 1230. The first-order chi connectivity index (χ1) is 15.4. The molecule has 0 saturated heterocycles. The number of halogens is 3. The van der Waals surface area contributed by atoms with Crippen LogP contribution in [0.4, 0.5) is 19.0 Å². The predicted octanol–water partition coefficient (Wildman–Crippen LogP) is 6.62. The second-order valence-corrected chi connectivity index (χ2v) is 7.57. The number of aryl methyl sites for hydroxylation is 1. The Hall–Kier alpha value is -3.61. The van der Waals surface area contributed by atoms with Gasteiger partial charge in [0.25, 0.3) is 5.91 Å². The number of pyridine rings is 1. The fourth-order valence-corrected chi connectivity index (χ4v) is 3.52. The summed E-state index contributed by atoms with van der Waals surface area (Å²) in [4.78, 5) is 17.5. The smallest absolute Gasteiger partial charge is 0.306 e. The summed E-state index contributed by atoms with van der Waals surface area (Å²) in [6, 6.07) is 17.6. The molecular weight excluding hydrogens is 415 g/mol. The summed E-state index contributed by atoms with van der Waals surface area (Å²) in [5.41, 5.74) is 2.38. The Morgan fingerprint density at radius 2 is 1.72 bits per heavy atom. The first-order valence-corrected chi connectivity index (χ1v) is 10.4. The minimum absolute atomic E-state index is 0.314. The second kappa shape index (κ2) is 8.86. The Kier molecular flexibility index (Phi) is 5.99. The number of aromatic nitrogens is 2. The molecule has 2 aromatic carbocycles. The van der Waals surface area contributed by atoms with Gasteiger partial charge in [-0.3, -0.25) is 9.20 Å². The third-order valence-corrected chi connectivity index (χ3v) is 5.28. The number of alkyl halides is 3. The van der Waals surface area contributed by atoms with Crippen molar-refractivity contribution in [3.63, 3.8) is 0 Å². The number of carbonyl (C=O) groups is 1. The second-order valence-electron chi connectivity index (χ2n) is 7.57. The number of anilines is 1. The zero-order chi connectivity index (χ0) is 22.7. The number of amides is 1.